The van der Waals surface area contributed by atoms with Crippen molar-refractivity contribution >= 4 is 28.8 Å². The fraction of sp³-hybridized carbons (Fsp3) is 0.222. The molecule has 2 aromatic carbocycles. The first-order valence-electron chi connectivity index (χ1n) is 7.33. The number of nitriles is 1. The average molecular weight is 436 g/mol. The van der Waals surface area contributed by atoms with Crippen LogP contribution in [0, 0.1) is 14.9 Å². The highest BCUT2D eigenvalue weighted by Crippen LogP contribution is 2.33. The van der Waals surface area contributed by atoms with E-state index in [-0.39, 0.29) is 6.61 Å². The maximum Gasteiger partial charge on any atom is 0.174 e. The molecule has 2 aromatic rings. The molecule has 0 saturated carbocycles. The van der Waals surface area contributed by atoms with Gasteiger partial charge in [-0.05, 0) is 47.7 Å². The van der Waals surface area contributed by atoms with Crippen LogP contribution in [0.3, 0.4) is 0 Å². The number of oxime groups is 1. The topological polar surface area (TPSA) is 63.8 Å². The summed E-state index contributed by atoms with van der Waals surface area (Å²) in [7, 11) is 1.60. The molecule has 2 rings (SSSR count). The summed E-state index contributed by atoms with van der Waals surface area (Å²) in [5.74, 6) is 1.38. The van der Waals surface area contributed by atoms with Crippen molar-refractivity contribution in [2.24, 2.45) is 5.16 Å². The highest BCUT2D eigenvalue weighted by molar-refractivity contribution is 14.1. The van der Waals surface area contributed by atoms with Crippen LogP contribution in [-0.2, 0) is 11.4 Å². The van der Waals surface area contributed by atoms with Crippen LogP contribution in [0.4, 0.5) is 0 Å². The van der Waals surface area contributed by atoms with Crippen molar-refractivity contribution in [1.82, 2.24) is 0 Å². The van der Waals surface area contributed by atoms with Gasteiger partial charge < -0.3 is 14.3 Å². The highest BCUT2D eigenvalue weighted by atomic mass is 127. The lowest BCUT2D eigenvalue weighted by atomic mass is 10.1. The van der Waals surface area contributed by atoms with E-state index in [0.717, 1.165) is 20.4 Å². The maximum atomic E-state index is 9.04. The minimum Gasteiger partial charge on any atom is -0.493 e. The lowest BCUT2D eigenvalue weighted by molar-refractivity contribution is 0.132. The van der Waals surface area contributed by atoms with E-state index >= 15 is 0 Å². The fourth-order valence-electron chi connectivity index (χ4n) is 2.06. The zero-order valence-corrected chi connectivity index (χ0v) is 15.6. The molecule has 0 aliphatic carbocycles. The molecule has 0 saturated heterocycles. The number of nitrogens with zero attached hydrogens (tertiary/aromatic N) is 2. The first-order valence-corrected chi connectivity index (χ1v) is 8.41. The minimum atomic E-state index is 0.242. The van der Waals surface area contributed by atoms with Gasteiger partial charge in [0.05, 0.1) is 35.1 Å². The van der Waals surface area contributed by atoms with Crippen molar-refractivity contribution in [3.05, 3.63) is 56.7 Å². The predicted octanol–water partition coefficient (Wildman–Crippen LogP) is 4.12. The normalized spacial score (nSPS) is 10.4. The number of halogens is 1. The Kier molecular flexibility index (Phi) is 6.88. The molecule has 0 bridgehead atoms. The number of hydrogen-bond donors (Lipinski definition) is 0. The van der Waals surface area contributed by atoms with E-state index in [0.29, 0.717) is 17.9 Å². The first-order chi connectivity index (χ1) is 11.7. The SMILES string of the molecule is CCOc1c(I)cc(/C=N/OCc2ccccc2C#N)cc1OC. The van der Waals surface area contributed by atoms with E-state index in [4.69, 9.17) is 19.6 Å². The minimum absolute atomic E-state index is 0.242. The summed E-state index contributed by atoms with van der Waals surface area (Å²) < 4.78 is 11.9. The maximum absolute atomic E-state index is 9.04. The Labute approximate surface area is 155 Å². The van der Waals surface area contributed by atoms with Gasteiger partial charge >= 0.3 is 0 Å². The van der Waals surface area contributed by atoms with Gasteiger partial charge in [0.2, 0.25) is 0 Å². The quantitative estimate of drug-likeness (QED) is 0.372. The summed E-state index contributed by atoms with van der Waals surface area (Å²) in [6.45, 7) is 2.74. The van der Waals surface area contributed by atoms with Crippen molar-refractivity contribution in [3.63, 3.8) is 0 Å². The summed E-state index contributed by atoms with van der Waals surface area (Å²) in [5, 5.41) is 13.0. The van der Waals surface area contributed by atoms with Crippen LogP contribution in [0.1, 0.15) is 23.6 Å². The van der Waals surface area contributed by atoms with Crippen LogP contribution in [0.15, 0.2) is 41.6 Å². The molecule has 0 heterocycles. The van der Waals surface area contributed by atoms with Gasteiger partial charge in [-0.2, -0.15) is 5.26 Å². The second-order valence-electron chi connectivity index (χ2n) is 4.74. The largest absolute Gasteiger partial charge is 0.493 e. The zero-order chi connectivity index (χ0) is 17.4. The summed E-state index contributed by atoms with van der Waals surface area (Å²) in [6, 6.07) is 13.2. The number of methoxy groups -OCH3 is 1. The third-order valence-corrected chi connectivity index (χ3v) is 3.98. The van der Waals surface area contributed by atoms with Gasteiger partial charge in [0.15, 0.2) is 11.5 Å². The third kappa shape index (κ3) is 4.61. The van der Waals surface area contributed by atoms with E-state index < -0.39 is 0 Å². The Hall–Kier alpha value is -2.27. The van der Waals surface area contributed by atoms with Gasteiger partial charge in [0, 0.05) is 11.1 Å². The van der Waals surface area contributed by atoms with E-state index in [9.17, 15) is 0 Å². The summed E-state index contributed by atoms with van der Waals surface area (Å²) >= 11 is 2.19. The predicted molar refractivity (Wildman–Crippen MR) is 100 cm³/mol. The van der Waals surface area contributed by atoms with Gasteiger partial charge in [0.25, 0.3) is 0 Å². The van der Waals surface area contributed by atoms with Crippen molar-refractivity contribution in [2.45, 2.75) is 13.5 Å². The standard InChI is InChI=1S/C18H17IN2O3/c1-3-23-18-16(19)8-13(9-17(18)22-2)11-21-24-12-15-7-5-4-6-14(15)10-20/h4-9,11H,3,12H2,1-2H3/b21-11+. The number of hydrogen-bond acceptors (Lipinski definition) is 5. The Balaban J connectivity index is 2.07. The molecular formula is C18H17IN2O3. The Morgan fingerprint density at radius 3 is 2.79 bits per heavy atom. The fourth-order valence-corrected chi connectivity index (χ4v) is 2.84. The van der Waals surface area contributed by atoms with Crippen LogP contribution in [0.5, 0.6) is 11.5 Å². The van der Waals surface area contributed by atoms with Gasteiger partial charge in [0.1, 0.15) is 6.61 Å². The Morgan fingerprint density at radius 1 is 1.29 bits per heavy atom. The van der Waals surface area contributed by atoms with Crippen LogP contribution in [-0.4, -0.2) is 19.9 Å². The Bertz CT molecular complexity index is 769. The van der Waals surface area contributed by atoms with Crippen LogP contribution < -0.4 is 9.47 Å². The highest BCUT2D eigenvalue weighted by Gasteiger charge is 2.10. The van der Waals surface area contributed by atoms with Gasteiger partial charge in [-0.1, -0.05) is 23.4 Å². The zero-order valence-electron chi connectivity index (χ0n) is 13.5. The summed E-state index contributed by atoms with van der Waals surface area (Å²) in [5.41, 5.74) is 2.23. The Morgan fingerprint density at radius 2 is 2.08 bits per heavy atom. The van der Waals surface area contributed by atoms with Crippen molar-refractivity contribution in [1.29, 1.82) is 5.26 Å². The molecule has 0 atom stereocenters. The van der Waals surface area contributed by atoms with E-state index in [1.165, 1.54) is 0 Å². The summed E-state index contributed by atoms with van der Waals surface area (Å²) in [6.07, 6.45) is 1.61. The second-order valence-corrected chi connectivity index (χ2v) is 5.91. The monoisotopic (exact) mass is 436 g/mol. The van der Waals surface area contributed by atoms with Crippen molar-refractivity contribution in [2.75, 3.05) is 13.7 Å². The van der Waals surface area contributed by atoms with Gasteiger partial charge in [-0.25, -0.2) is 0 Å². The molecule has 0 N–H and O–H groups in total. The molecule has 24 heavy (non-hydrogen) atoms. The average Bonchev–Trinajstić information content (AvgIpc) is 2.61. The summed E-state index contributed by atoms with van der Waals surface area (Å²) in [4.78, 5) is 5.30. The lowest BCUT2D eigenvalue weighted by Gasteiger charge is -2.11. The molecule has 0 spiro atoms. The molecule has 6 heteroatoms. The van der Waals surface area contributed by atoms with E-state index in [1.54, 1.807) is 19.4 Å². The van der Waals surface area contributed by atoms with Gasteiger partial charge in [-0.15, -0.1) is 0 Å². The van der Waals surface area contributed by atoms with E-state index in [2.05, 4.69) is 33.8 Å². The number of ether oxygens (including phenoxy) is 2. The molecule has 124 valence electrons. The van der Waals surface area contributed by atoms with Crippen molar-refractivity contribution in [3.8, 4) is 17.6 Å². The van der Waals surface area contributed by atoms with Crippen molar-refractivity contribution < 1.29 is 14.3 Å². The molecule has 0 amide bonds. The number of rotatable bonds is 7. The molecule has 0 radical (unpaired) electrons. The molecule has 0 aliphatic rings. The molecule has 0 fully saturated rings. The number of benzene rings is 2. The third-order valence-electron chi connectivity index (χ3n) is 3.17. The van der Waals surface area contributed by atoms with Crippen LogP contribution in [0.2, 0.25) is 0 Å². The molecule has 5 nitrogen and oxygen atoms in total. The van der Waals surface area contributed by atoms with Gasteiger partial charge in [-0.3, -0.25) is 0 Å². The lowest BCUT2D eigenvalue weighted by Crippen LogP contribution is -1.99. The van der Waals surface area contributed by atoms with Crippen LogP contribution >= 0.6 is 22.6 Å². The molecule has 0 aliphatic heterocycles. The molecule has 0 aromatic heterocycles. The van der Waals surface area contributed by atoms with E-state index in [1.807, 2.05) is 37.3 Å². The molecule has 0 unspecified atom stereocenters. The second kappa shape index (κ2) is 9.13. The molecular weight excluding hydrogens is 419 g/mol. The first kappa shape index (κ1) is 18.1. The smallest absolute Gasteiger partial charge is 0.174 e. The van der Waals surface area contributed by atoms with Crippen LogP contribution in [0.25, 0.3) is 0 Å².